The fourth-order valence-electron chi connectivity index (χ4n) is 2.20. The number of imidazole rings is 1. The number of hydrogen-bond acceptors (Lipinski definition) is 4. The van der Waals surface area contributed by atoms with E-state index in [1.54, 1.807) is 29.4 Å². The highest BCUT2D eigenvalue weighted by Gasteiger charge is 2.19. The second kappa shape index (κ2) is 5.42. The maximum Gasteiger partial charge on any atom is 0.270 e. The smallest absolute Gasteiger partial charge is 0.270 e. The third-order valence-corrected chi connectivity index (χ3v) is 3.22. The zero-order valence-electron chi connectivity index (χ0n) is 11.2. The van der Waals surface area contributed by atoms with Crippen molar-refractivity contribution in [3.63, 3.8) is 0 Å². The summed E-state index contributed by atoms with van der Waals surface area (Å²) < 4.78 is 7.03. The molecule has 0 unspecified atom stereocenters. The van der Waals surface area contributed by atoms with Gasteiger partial charge in [0.2, 0.25) is 0 Å². The van der Waals surface area contributed by atoms with Crippen molar-refractivity contribution >= 4 is 5.91 Å². The second-order valence-corrected chi connectivity index (χ2v) is 4.89. The van der Waals surface area contributed by atoms with Crippen LogP contribution in [0.3, 0.4) is 0 Å². The van der Waals surface area contributed by atoms with E-state index in [0.29, 0.717) is 24.7 Å². The molecule has 2 aromatic rings. The van der Waals surface area contributed by atoms with Crippen LogP contribution in [0.2, 0.25) is 0 Å². The Labute approximate surface area is 116 Å². The molecule has 1 amide bonds. The van der Waals surface area contributed by atoms with Gasteiger partial charge < -0.3 is 10.1 Å². The molecule has 3 rings (SSSR count). The number of aryl methyl sites for hydroxylation is 1. The highest BCUT2D eigenvalue weighted by Crippen LogP contribution is 2.11. The average molecular weight is 272 g/mol. The Morgan fingerprint density at radius 3 is 3.10 bits per heavy atom. The fourth-order valence-corrected chi connectivity index (χ4v) is 2.20. The number of rotatable bonds is 3. The summed E-state index contributed by atoms with van der Waals surface area (Å²) in [6, 6.07) is 3.78. The molecule has 6 nitrogen and oxygen atoms in total. The molecule has 0 bridgehead atoms. The number of aromatic nitrogens is 3. The van der Waals surface area contributed by atoms with Gasteiger partial charge >= 0.3 is 0 Å². The van der Waals surface area contributed by atoms with Crippen molar-refractivity contribution in [2.24, 2.45) is 0 Å². The normalized spacial score (nSPS) is 18.1. The maximum absolute atomic E-state index is 12.2. The molecule has 20 heavy (non-hydrogen) atoms. The molecule has 1 fully saturated rings. The van der Waals surface area contributed by atoms with Gasteiger partial charge in [-0.25, -0.2) is 9.97 Å². The second-order valence-electron chi connectivity index (χ2n) is 4.89. The van der Waals surface area contributed by atoms with E-state index in [9.17, 15) is 4.79 Å². The Bertz CT molecular complexity index is 604. The molecular formula is C14H16N4O2. The van der Waals surface area contributed by atoms with Crippen LogP contribution in [0.5, 0.6) is 0 Å². The van der Waals surface area contributed by atoms with Crippen molar-refractivity contribution < 1.29 is 9.53 Å². The van der Waals surface area contributed by atoms with Crippen molar-refractivity contribution in [1.82, 2.24) is 19.9 Å². The van der Waals surface area contributed by atoms with Gasteiger partial charge in [-0.3, -0.25) is 9.36 Å². The lowest BCUT2D eigenvalue weighted by molar-refractivity contribution is 0.0924. The van der Waals surface area contributed by atoms with Crippen LogP contribution in [0.1, 0.15) is 22.5 Å². The molecule has 0 aliphatic carbocycles. The lowest BCUT2D eigenvalue weighted by Crippen LogP contribution is -2.35. The van der Waals surface area contributed by atoms with Crippen molar-refractivity contribution in [3.8, 4) is 5.82 Å². The van der Waals surface area contributed by atoms with Crippen molar-refractivity contribution in [3.05, 3.63) is 42.1 Å². The standard InChI is InChI=1S/C14H16N4O2/c1-10-6-12(14(19)16-11-2-5-20-8-11)17-13(7-10)18-4-3-15-9-18/h3-4,6-7,9,11H,2,5,8H2,1H3,(H,16,19)/t11-/m0/s1. The van der Waals surface area contributed by atoms with Crippen LogP contribution in [0.4, 0.5) is 0 Å². The predicted molar refractivity (Wildman–Crippen MR) is 72.8 cm³/mol. The first-order valence-corrected chi connectivity index (χ1v) is 6.58. The van der Waals surface area contributed by atoms with Gasteiger partial charge in [0.1, 0.15) is 17.8 Å². The van der Waals surface area contributed by atoms with Crippen molar-refractivity contribution in [1.29, 1.82) is 0 Å². The number of hydrogen-bond donors (Lipinski definition) is 1. The summed E-state index contributed by atoms with van der Waals surface area (Å²) in [6.45, 7) is 3.22. The molecule has 1 aliphatic rings. The van der Waals surface area contributed by atoms with E-state index in [-0.39, 0.29) is 11.9 Å². The highest BCUT2D eigenvalue weighted by molar-refractivity contribution is 5.92. The van der Waals surface area contributed by atoms with E-state index in [2.05, 4.69) is 15.3 Å². The fraction of sp³-hybridized carbons (Fsp3) is 0.357. The summed E-state index contributed by atoms with van der Waals surface area (Å²) in [5, 5.41) is 2.94. The molecule has 0 saturated carbocycles. The zero-order chi connectivity index (χ0) is 13.9. The SMILES string of the molecule is Cc1cc(C(=O)N[C@H]2CCOC2)nc(-n2ccnc2)c1. The van der Waals surface area contributed by atoms with Crippen LogP contribution in [0, 0.1) is 6.92 Å². The number of carbonyl (C=O) groups is 1. The van der Waals surface area contributed by atoms with E-state index in [1.165, 1.54) is 0 Å². The number of nitrogens with one attached hydrogen (secondary N) is 1. The lowest BCUT2D eigenvalue weighted by Gasteiger charge is -2.11. The van der Waals surface area contributed by atoms with Gasteiger partial charge in [0.05, 0.1) is 12.6 Å². The molecule has 2 aromatic heterocycles. The number of pyridine rings is 1. The quantitative estimate of drug-likeness (QED) is 0.908. The summed E-state index contributed by atoms with van der Waals surface area (Å²) in [5.74, 6) is 0.529. The predicted octanol–water partition coefficient (Wildman–Crippen LogP) is 1.09. The van der Waals surface area contributed by atoms with Crippen molar-refractivity contribution in [2.75, 3.05) is 13.2 Å². The van der Waals surface area contributed by atoms with Crippen LogP contribution in [0.25, 0.3) is 5.82 Å². The topological polar surface area (TPSA) is 69.0 Å². The van der Waals surface area contributed by atoms with Gasteiger partial charge in [-0.15, -0.1) is 0 Å². The minimum Gasteiger partial charge on any atom is -0.379 e. The van der Waals surface area contributed by atoms with Crippen LogP contribution < -0.4 is 5.32 Å². The highest BCUT2D eigenvalue weighted by atomic mass is 16.5. The van der Waals surface area contributed by atoms with E-state index in [1.807, 2.05) is 13.0 Å². The van der Waals surface area contributed by atoms with Crippen LogP contribution in [-0.4, -0.2) is 39.7 Å². The summed E-state index contributed by atoms with van der Waals surface area (Å²) in [6.07, 6.45) is 5.99. The van der Waals surface area contributed by atoms with Gasteiger partial charge in [-0.05, 0) is 31.0 Å². The Morgan fingerprint density at radius 2 is 2.40 bits per heavy atom. The van der Waals surface area contributed by atoms with Crippen LogP contribution >= 0.6 is 0 Å². The minimum absolute atomic E-state index is 0.0847. The molecule has 0 radical (unpaired) electrons. The summed E-state index contributed by atoms with van der Waals surface area (Å²) >= 11 is 0. The maximum atomic E-state index is 12.2. The van der Waals surface area contributed by atoms with Gasteiger partial charge in [-0.1, -0.05) is 0 Å². The average Bonchev–Trinajstić information content (AvgIpc) is 3.11. The molecule has 6 heteroatoms. The first-order valence-electron chi connectivity index (χ1n) is 6.58. The molecule has 1 saturated heterocycles. The molecule has 104 valence electrons. The monoisotopic (exact) mass is 272 g/mol. The summed E-state index contributed by atoms with van der Waals surface area (Å²) in [7, 11) is 0. The van der Waals surface area contributed by atoms with E-state index in [0.717, 1.165) is 12.0 Å². The molecular weight excluding hydrogens is 256 g/mol. The first kappa shape index (κ1) is 12.8. The summed E-state index contributed by atoms with van der Waals surface area (Å²) in [4.78, 5) is 20.6. The minimum atomic E-state index is -0.162. The van der Waals surface area contributed by atoms with Gasteiger partial charge in [0.25, 0.3) is 5.91 Å². The molecule has 1 N–H and O–H groups in total. The van der Waals surface area contributed by atoms with Gasteiger partial charge in [0, 0.05) is 19.0 Å². The third-order valence-electron chi connectivity index (χ3n) is 3.22. The molecule has 1 atom stereocenters. The molecule has 0 spiro atoms. The van der Waals surface area contributed by atoms with Gasteiger partial charge in [-0.2, -0.15) is 0 Å². The Balaban J connectivity index is 1.83. The molecule has 0 aromatic carbocycles. The summed E-state index contributed by atoms with van der Waals surface area (Å²) in [5.41, 5.74) is 1.40. The lowest BCUT2D eigenvalue weighted by atomic mass is 10.2. The molecule has 3 heterocycles. The number of ether oxygens (including phenoxy) is 1. The zero-order valence-corrected chi connectivity index (χ0v) is 11.2. The van der Waals surface area contributed by atoms with Gasteiger partial charge in [0.15, 0.2) is 0 Å². The number of nitrogens with zero attached hydrogens (tertiary/aromatic N) is 3. The molecule has 1 aliphatic heterocycles. The number of amides is 1. The van der Waals surface area contributed by atoms with Crippen LogP contribution in [0.15, 0.2) is 30.9 Å². The van der Waals surface area contributed by atoms with Crippen LogP contribution in [-0.2, 0) is 4.74 Å². The number of carbonyl (C=O) groups excluding carboxylic acids is 1. The Hall–Kier alpha value is -2.21. The third kappa shape index (κ3) is 2.70. The Kier molecular flexibility index (Phi) is 3.47. The van der Waals surface area contributed by atoms with E-state index in [4.69, 9.17) is 4.74 Å². The Morgan fingerprint density at radius 1 is 1.50 bits per heavy atom. The van der Waals surface area contributed by atoms with E-state index >= 15 is 0 Å². The van der Waals surface area contributed by atoms with E-state index < -0.39 is 0 Å². The van der Waals surface area contributed by atoms with Crippen molar-refractivity contribution in [2.45, 2.75) is 19.4 Å². The largest absolute Gasteiger partial charge is 0.379 e. The first-order chi connectivity index (χ1) is 9.72.